The summed E-state index contributed by atoms with van der Waals surface area (Å²) in [4.78, 5) is 13.4. The van der Waals surface area contributed by atoms with Crippen molar-refractivity contribution in [3.63, 3.8) is 0 Å². The Morgan fingerprint density at radius 3 is 2.58 bits per heavy atom. The molecule has 7 nitrogen and oxygen atoms in total. The fourth-order valence-electron chi connectivity index (χ4n) is 5.05. The minimum Gasteiger partial charge on any atom is -0.486 e. The Morgan fingerprint density at radius 2 is 1.81 bits per heavy atom. The van der Waals surface area contributed by atoms with Gasteiger partial charge in [-0.3, -0.25) is 4.79 Å². The van der Waals surface area contributed by atoms with Gasteiger partial charge in [0.25, 0.3) is 0 Å². The normalized spacial score (nSPS) is 25.9. The lowest BCUT2D eigenvalue weighted by atomic mass is 9.98. The number of ether oxygens (including phenoxy) is 2. The van der Waals surface area contributed by atoms with Crippen LogP contribution in [0.15, 0.2) is 53.4 Å². The molecule has 2 aromatic carbocycles. The first-order chi connectivity index (χ1) is 14.9. The number of piperidine rings is 1. The molecule has 31 heavy (non-hydrogen) atoms. The topological polar surface area (TPSA) is 84.9 Å². The van der Waals surface area contributed by atoms with Crippen molar-refractivity contribution in [1.82, 2.24) is 9.62 Å². The predicted molar refractivity (Wildman–Crippen MR) is 114 cm³/mol. The molecule has 5 rings (SSSR count). The van der Waals surface area contributed by atoms with Crippen LogP contribution in [0.1, 0.15) is 37.8 Å². The molecule has 1 saturated heterocycles. The van der Waals surface area contributed by atoms with Gasteiger partial charge in [0.05, 0.1) is 10.9 Å². The summed E-state index contributed by atoms with van der Waals surface area (Å²) < 4.78 is 39.8. The summed E-state index contributed by atoms with van der Waals surface area (Å²) in [6, 6.07) is 13.3. The third-order valence-electron chi connectivity index (χ3n) is 6.54. The van der Waals surface area contributed by atoms with Crippen LogP contribution >= 0.6 is 0 Å². The number of rotatable bonds is 5. The zero-order valence-electron chi connectivity index (χ0n) is 17.4. The van der Waals surface area contributed by atoms with E-state index in [4.69, 9.17) is 9.47 Å². The molecule has 0 unspecified atom stereocenters. The second kappa shape index (κ2) is 7.84. The highest BCUT2D eigenvalue weighted by Crippen LogP contribution is 2.46. The quantitative estimate of drug-likeness (QED) is 0.770. The van der Waals surface area contributed by atoms with Crippen LogP contribution in [0.3, 0.4) is 0 Å². The molecule has 2 fully saturated rings. The number of nitrogens with one attached hydrogen (secondary N) is 1. The highest BCUT2D eigenvalue weighted by atomic mass is 32.2. The first kappa shape index (κ1) is 20.3. The lowest BCUT2D eigenvalue weighted by Crippen LogP contribution is -2.52. The highest BCUT2D eigenvalue weighted by Gasteiger charge is 2.54. The van der Waals surface area contributed by atoms with Crippen LogP contribution in [-0.4, -0.2) is 43.9 Å². The van der Waals surface area contributed by atoms with E-state index in [1.54, 1.807) is 6.07 Å². The molecule has 4 atom stereocenters. The molecular weight excluding hydrogens is 416 g/mol. The van der Waals surface area contributed by atoms with Crippen molar-refractivity contribution in [2.75, 3.05) is 13.2 Å². The number of sulfonamides is 1. The Balaban J connectivity index is 1.42. The van der Waals surface area contributed by atoms with Crippen LogP contribution in [0.25, 0.3) is 0 Å². The Morgan fingerprint density at radius 1 is 1.06 bits per heavy atom. The van der Waals surface area contributed by atoms with E-state index in [-0.39, 0.29) is 28.8 Å². The first-order valence-electron chi connectivity index (χ1n) is 10.7. The fourth-order valence-corrected chi connectivity index (χ4v) is 6.94. The van der Waals surface area contributed by atoms with Gasteiger partial charge >= 0.3 is 0 Å². The van der Waals surface area contributed by atoms with Crippen molar-refractivity contribution >= 4 is 15.9 Å². The zero-order chi connectivity index (χ0) is 21.6. The molecule has 3 aliphatic rings. The summed E-state index contributed by atoms with van der Waals surface area (Å²) in [5.41, 5.74) is 0.986. The minimum atomic E-state index is -3.86. The third kappa shape index (κ3) is 3.57. The van der Waals surface area contributed by atoms with Gasteiger partial charge in [-0.15, -0.1) is 0 Å². The molecule has 2 bridgehead atoms. The molecule has 164 valence electrons. The molecule has 1 N–H and O–H groups in total. The number of fused-ring (bicyclic) bond motifs is 3. The maximum absolute atomic E-state index is 13.6. The standard InChI is InChI=1S/C23H26N2O5S/c1-15(16-5-3-2-4-6-16)24-23(26)22-17-7-8-18(13-17)25(22)31(27,28)19-9-10-20-21(14-19)30-12-11-29-20/h2-6,9-10,14-15,17-18,22H,7-8,11-13H2,1H3,(H,24,26)/t15-,17-,18-,22+/m0/s1. The molecule has 2 aliphatic heterocycles. The SMILES string of the molecule is C[C@H](NC(=O)[C@H]1[C@H]2CC[C@@H](C2)N1S(=O)(=O)c1ccc2c(c1)OCCO2)c1ccccc1. The van der Waals surface area contributed by atoms with E-state index >= 15 is 0 Å². The molecule has 8 heteroatoms. The summed E-state index contributed by atoms with van der Waals surface area (Å²) in [7, 11) is -3.86. The number of amides is 1. The van der Waals surface area contributed by atoms with E-state index in [0.29, 0.717) is 24.7 Å². The van der Waals surface area contributed by atoms with Gasteiger partial charge in [-0.1, -0.05) is 30.3 Å². The first-order valence-corrected chi connectivity index (χ1v) is 12.2. The van der Waals surface area contributed by atoms with Crippen LogP contribution in [-0.2, 0) is 14.8 Å². The fraction of sp³-hybridized carbons (Fsp3) is 0.435. The molecule has 0 radical (unpaired) electrons. The van der Waals surface area contributed by atoms with E-state index in [9.17, 15) is 13.2 Å². The number of hydrogen-bond donors (Lipinski definition) is 1. The van der Waals surface area contributed by atoms with Gasteiger partial charge < -0.3 is 14.8 Å². The lowest BCUT2D eigenvalue weighted by molar-refractivity contribution is -0.126. The Labute approximate surface area is 182 Å². The van der Waals surface area contributed by atoms with E-state index in [1.165, 1.54) is 16.4 Å². The van der Waals surface area contributed by atoms with Crippen molar-refractivity contribution < 1.29 is 22.7 Å². The third-order valence-corrected chi connectivity index (χ3v) is 8.47. The second-order valence-corrected chi connectivity index (χ2v) is 10.3. The molecule has 1 saturated carbocycles. The van der Waals surface area contributed by atoms with Gasteiger partial charge in [0.2, 0.25) is 15.9 Å². The van der Waals surface area contributed by atoms with Gasteiger partial charge in [0, 0.05) is 12.1 Å². The number of nitrogens with zero attached hydrogens (tertiary/aromatic N) is 1. The summed E-state index contributed by atoms with van der Waals surface area (Å²) in [6.45, 7) is 2.74. The van der Waals surface area contributed by atoms with E-state index in [1.807, 2.05) is 37.3 Å². The van der Waals surface area contributed by atoms with Gasteiger partial charge in [-0.25, -0.2) is 8.42 Å². The van der Waals surface area contributed by atoms with Gasteiger partial charge in [0.15, 0.2) is 11.5 Å². The van der Waals surface area contributed by atoms with E-state index in [2.05, 4.69) is 5.32 Å². The van der Waals surface area contributed by atoms with Crippen LogP contribution in [0.5, 0.6) is 11.5 Å². The molecular formula is C23H26N2O5S. The lowest BCUT2D eigenvalue weighted by Gasteiger charge is -2.34. The Kier molecular flexibility index (Phi) is 5.14. The smallest absolute Gasteiger partial charge is 0.244 e. The number of hydrogen-bond acceptors (Lipinski definition) is 5. The molecule has 0 aromatic heterocycles. The highest BCUT2D eigenvalue weighted by molar-refractivity contribution is 7.89. The van der Waals surface area contributed by atoms with Gasteiger partial charge in [0.1, 0.15) is 19.3 Å². The summed E-state index contributed by atoms with van der Waals surface area (Å²) >= 11 is 0. The summed E-state index contributed by atoms with van der Waals surface area (Å²) in [6.07, 6.45) is 2.38. The molecule has 1 aliphatic carbocycles. The zero-order valence-corrected chi connectivity index (χ0v) is 18.2. The van der Waals surface area contributed by atoms with Gasteiger partial charge in [-0.05, 0) is 49.8 Å². The van der Waals surface area contributed by atoms with Crippen molar-refractivity contribution in [1.29, 1.82) is 0 Å². The molecule has 2 heterocycles. The second-order valence-electron chi connectivity index (χ2n) is 8.45. The number of carbonyl (C=O) groups excluding carboxylic acids is 1. The van der Waals surface area contributed by atoms with Crippen LogP contribution in [0, 0.1) is 5.92 Å². The molecule has 2 aromatic rings. The van der Waals surface area contributed by atoms with Crippen LogP contribution in [0.4, 0.5) is 0 Å². The Bertz CT molecular complexity index is 1090. The average Bonchev–Trinajstić information content (AvgIpc) is 3.41. The monoisotopic (exact) mass is 442 g/mol. The van der Waals surface area contributed by atoms with E-state index < -0.39 is 16.1 Å². The summed E-state index contributed by atoms with van der Waals surface area (Å²) in [5.74, 6) is 0.777. The maximum Gasteiger partial charge on any atom is 0.244 e. The minimum absolute atomic E-state index is 0.0416. The average molecular weight is 443 g/mol. The predicted octanol–water partition coefficient (Wildman–Crippen LogP) is 2.88. The maximum atomic E-state index is 13.6. The number of carbonyl (C=O) groups is 1. The molecule has 0 spiro atoms. The van der Waals surface area contributed by atoms with Crippen molar-refractivity contribution in [3.8, 4) is 11.5 Å². The van der Waals surface area contributed by atoms with Crippen LogP contribution in [0.2, 0.25) is 0 Å². The van der Waals surface area contributed by atoms with Crippen molar-refractivity contribution in [3.05, 3.63) is 54.1 Å². The summed E-state index contributed by atoms with van der Waals surface area (Å²) in [5, 5.41) is 3.04. The molecule has 1 amide bonds. The van der Waals surface area contributed by atoms with Crippen molar-refractivity contribution in [2.24, 2.45) is 5.92 Å². The van der Waals surface area contributed by atoms with Gasteiger partial charge in [-0.2, -0.15) is 4.31 Å². The van der Waals surface area contributed by atoms with Crippen molar-refractivity contribution in [2.45, 2.75) is 49.2 Å². The number of benzene rings is 2. The largest absolute Gasteiger partial charge is 0.486 e. The van der Waals surface area contributed by atoms with E-state index in [0.717, 1.165) is 24.8 Å². The Hall–Kier alpha value is -2.58. The van der Waals surface area contributed by atoms with Crippen LogP contribution < -0.4 is 14.8 Å².